The molecule has 0 saturated carbocycles. The fraction of sp³-hybridized carbons (Fsp3) is 0.185. The first-order chi connectivity index (χ1) is 17.9. The lowest BCUT2D eigenvalue weighted by Gasteiger charge is -2.09. The smallest absolute Gasteiger partial charge is 0.329 e. The summed E-state index contributed by atoms with van der Waals surface area (Å²) in [7, 11) is 0. The van der Waals surface area contributed by atoms with Gasteiger partial charge in [-0.2, -0.15) is 5.10 Å². The first kappa shape index (κ1) is 27.2. The standard InChI is InChI=1S/C27H27ClN4O5/c1-2-3-15-36-22-12-10-21(11-13-22)31-26(34)27(35)32-29-17-19-9-14-24(23(28)16-19)37-18-25(33)30-20-7-5-4-6-8-20/h4-14,16-17H,2-3,15,18H2,1H3,(H,30,33)(H,31,34)(H,32,35)/b29-17-. The Hall–Kier alpha value is -4.37. The molecule has 0 fully saturated rings. The van der Waals surface area contributed by atoms with Crippen molar-refractivity contribution in [3.63, 3.8) is 0 Å². The van der Waals surface area contributed by atoms with Crippen LogP contribution >= 0.6 is 11.6 Å². The highest BCUT2D eigenvalue weighted by Crippen LogP contribution is 2.25. The Morgan fingerprint density at radius 2 is 1.62 bits per heavy atom. The molecule has 0 saturated heterocycles. The van der Waals surface area contributed by atoms with E-state index in [1.54, 1.807) is 54.6 Å². The summed E-state index contributed by atoms with van der Waals surface area (Å²) in [5.41, 5.74) is 3.82. The molecule has 0 atom stereocenters. The fourth-order valence-electron chi connectivity index (χ4n) is 2.95. The van der Waals surface area contributed by atoms with Crippen molar-refractivity contribution in [1.29, 1.82) is 0 Å². The van der Waals surface area contributed by atoms with Crippen molar-refractivity contribution >= 4 is 46.9 Å². The summed E-state index contributed by atoms with van der Waals surface area (Å²) < 4.78 is 11.0. The molecule has 0 aliphatic heterocycles. The average Bonchev–Trinajstić information content (AvgIpc) is 2.90. The van der Waals surface area contributed by atoms with Gasteiger partial charge < -0.3 is 20.1 Å². The van der Waals surface area contributed by atoms with Crippen LogP contribution in [0.25, 0.3) is 0 Å². The Balaban J connectivity index is 1.43. The first-order valence-electron chi connectivity index (χ1n) is 11.6. The molecule has 3 rings (SSSR count). The van der Waals surface area contributed by atoms with Gasteiger partial charge in [0, 0.05) is 11.4 Å². The maximum Gasteiger partial charge on any atom is 0.329 e. The van der Waals surface area contributed by atoms with E-state index in [4.69, 9.17) is 21.1 Å². The minimum atomic E-state index is -0.935. The number of para-hydroxylation sites is 1. The lowest BCUT2D eigenvalue weighted by Crippen LogP contribution is -2.32. The summed E-state index contributed by atoms with van der Waals surface area (Å²) in [6.07, 6.45) is 3.32. The van der Waals surface area contributed by atoms with Gasteiger partial charge in [0.15, 0.2) is 6.61 Å². The third kappa shape index (κ3) is 9.30. The van der Waals surface area contributed by atoms with Gasteiger partial charge in [-0.1, -0.05) is 43.1 Å². The third-order valence-corrected chi connectivity index (χ3v) is 5.13. The van der Waals surface area contributed by atoms with Crippen molar-refractivity contribution in [1.82, 2.24) is 5.43 Å². The number of amides is 3. The molecule has 0 spiro atoms. The number of unbranched alkanes of at least 4 members (excludes halogenated alkanes) is 1. The van der Waals surface area contributed by atoms with E-state index in [1.165, 1.54) is 6.21 Å². The van der Waals surface area contributed by atoms with E-state index in [1.807, 2.05) is 18.2 Å². The Morgan fingerprint density at radius 3 is 2.32 bits per heavy atom. The SMILES string of the molecule is CCCCOc1ccc(NC(=O)C(=O)N/N=C\c2ccc(OCC(=O)Nc3ccccc3)c(Cl)c2)cc1. The van der Waals surface area contributed by atoms with Crippen molar-refractivity contribution in [2.75, 3.05) is 23.8 Å². The molecule has 10 heteroatoms. The molecule has 37 heavy (non-hydrogen) atoms. The van der Waals surface area contributed by atoms with Crippen LogP contribution in [0.2, 0.25) is 5.02 Å². The predicted octanol–water partition coefficient (Wildman–Crippen LogP) is 4.63. The normalized spacial score (nSPS) is 10.5. The van der Waals surface area contributed by atoms with Gasteiger partial charge in [-0.3, -0.25) is 14.4 Å². The first-order valence-corrected chi connectivity index (χ1v) is 12.0. The Kier molecular flexibility index (Phi) is 10.5. The molecule has 3 N–H and O–H groups in total. The van der Waals surface area contributed by atoms with E-state index in [0.717, 1.165) is 12.8 Å². The Bertz CT molecular complexity index is 1230. The number of carbonyl (C=O) groups excluding carboxylic acids is 3. The number of nitrogens with one attached hydrogen (secondary N) is 3. The van der Waals surface area contributed by atoms with Crippen molar-refractivity contribution in [2.24, 2.45) is 5.10 Å². The average molecular weight is 523 g/mol. The van der Waals surface area contributed by atoms with Gasteiger partial charge >= 0.3 is 11.8 Å². The number of hydrogen-bond acceptors (Lipinski definition) is 6. The number of halogens is 1. The van der Waals surface area contributed by atoms with Crippen LogP contribution in [-0.2, 0) is 14.4 Å². The second-order valence-corrected chi connectivity index (χ2v) is 8.18. The monoisotopic (exact) mass is 522 g/mol. The van der Waals surface area contributed by atoms with Gasteiger partial charge in [0.05, 0.1) is 17.8 Å². The minimum Gasteiger partial charge on any atom is -0.494 e. The van der Waals surface area contributed by atoms with E-state index < -0.39 is 11.8 Å². The van der Waals surface area contributed by atoms with Gasteiger partial charge in [0.2, 0.25) is 0 Å². The number of benzene rings is 3. The van der Waals surface area contributed by atoms with Crippen LogP contribution in [0.3, 0.4) is 0 Å². The molecule has 9 nitrogen and oxygen atoms in total. The Morgan fingerprint density at radius 1 is 0.892 bits per heavy atom. The molecule has 0 aromatic heterocycles. The van der Waals surface area contributed by atoms with Crippen molar-refractivity contribution in [2.45, 2.75) is 19.8 Å². The van der Waals surface area contributed by atoms with Gasteiger partial charge in [-0.25, -0.2) is 5.43 Å². The summed E-state index contributed by atoms with van der Waals surface area (Å²) >= 11 is 6.22. The number of nitrogens with zero attached hydrogens (tertiary/aromatic N) is 1. The zero-order chi connectivity index (χ0) is 26.5. The highest BCUT2D eigenvalue weighted by molar-refractivity contribution is 6.39. The van der Waals surface area contributed by atoms with Crippen LogP contribution in [0.4, 0.5) is 11.4 Å². The topological polar surface area (TPSA) is 118 Å². The summed E-state index contributed by atoms with van der Waals surface area (Å²) in [5.74, 6) is -1.13. The molecule has 0 radical (unpaired) electrons. The number of ether oxygens (including phenoxy) is 2. The van der Waals surface area contributed by atoms with Crippen molar-refractivity contribution in [3.8, 4) is 11.5 Å². The summed E-state index contributed by atoms with van der Waals surface area (Å²) in [6, 6.07) is 20.5. The third-order valence-electron chi connectivity index (χ3n) is 4.84. The zero-order valence-corrected chi connectivity index (χ0v) is 21.0. The fourth-order valence-corrected chi connectivity index (χ4v) is 3.19. The minimum absolute atomic E-state index is 0.220. The van der Waals surface area contributed by atoms with Crippen LogP contribution < -0.4 is 25.5 Å². The number of rotatable bonds is 11. The quantitative estimate of drug-likeness (QED) is 0.147. The molecule has 0 bridgehead atoms. The number of hydrogen-bond donors (Lipinski definition) is 3. The molecule has 0 unspecified atom stereocenters. The zero-order valence-electron chi connectivity index (χ0n) is 20.2. The second-order valence-electron chi connectivity index (χ2n) is 7.77. The number of carbonyl (C=O) groups is 3. The predicted molar refractivity (Wildman–Crippen MR) is 143 cm³/mol. The van der Waals surface area contributed by atoms with E-state index >= 15 is 0 Å². The van der Waals surface area contributed by atoms with Crippen LogP contribution in [0.5, 0.6) is 11.5 Å². The molecule has 192 valence electrons. The van der Waals surface area contributed by atoms with Crippen molar-refractivity contribution in [3.05, 3.63) is 83.4 Å². The molecule has 3 amide bonds. The number of anilines is 2. The van der Waals surface area contributed by atoms with Gasteiger partial charge in [0.1, 0.15) is 11.5 Å². The lowest BCUT2D eigenvalue weighted by atomic mass is 10.2. The van der Waals surface area contributed by atoms with E-state index in [0.29, 0.717) is 35.0 Å². The molecule has 3 aromatic rings. The van der Waals surface area contributed by atoms with E-state index in [9.17, 15) is 14.4 Å². The highest BCUT2D eigenvalue weighted by atomic mass is 35.5. The molecular weight excluding hydrogens is 496 g/mol. The van der Waals surface area contributed by atoms with Crippen LogP contribution in [0, 0.1) is 0 Å². The summed E-state index contributed by atoms with van der Waals surface area (Å²) in [5, 5.41) is 9.24. The maximum atomic E-state index is 12.1. The molecule has 0 aliphatic rings. The van der Waals surface area contributed by atoms with Crippen molar-refractivity contribution < 1.29 is 23.9 Å². The van der Waals surface area contributed by atoms with Gasteiger partial charge in [-0.15, -0.1) is 0 Å². The molecular formula is C27H27ClN4O5. The maximum absolute atomic E-state index is 12.1. The van der Waals surface area contributed by atoms with Crippen LogP contribution in [-0.4, -0.2) is 37.1 Å². The number of hydrazone groups is 1. The van der Waals surface area contributed by atoms with Gasteiger partial charge in [0.25, 0.3) is 5.91 Å². The van der Waals surface area contributed by atoms with Gasteiger partial charge in [-0.05, 0) is 66.6 Å². The lowest BCUT2D eigenvalue weighted by molar-refractivity contribution is -0.136. The van der Waals surface area contributed by atoms with Crippen LogP contribution in [0.1, 0.15) is 25.3 Å². The largest absolute Gasteiger partial charge is 0.494 e. The summed E-state index contributed by atoms with van der Waals surface area (Å²) in [4.78, 5) is 36.2. The molecule has 3 aromatic carbocycles. The van der Waals surface area contributed by atoms with E-state index in [-0.39, 0.29) is 17.5 Å². The molecule has 0 heterocycles. The second kappa shape index (κ2) is 14.3. The summed E-state index contributed by atoms with van der Waals surface area (Å²) in [6.45, 7) is 2.48. The van der Waals surface area contributed by atoms with E-state index in [2.05, 4.69) is 28.1 Å². The van der Waals surface area contributed by atoms with Crippen LogP contribution in [0.15, 0.2) is 77.9 Å². The molecule has 0 aliphatic carbocycles. The highest BCUT2D eigenvalue weighted by Gasteiger charge is 2.13. The Labute approximate surface area is 219 Å².